The van der Waals surface area contributed by atoms with Crippen molar-refractivity contribution in [1.82, 2.24) is 24.6 Å². The molecule has 0 radical (unpaired) electrons. The van der Waals surface area contributed by atoms with E-state index < -0.39 is 0 Å². The van der Waals surface area contributed by atoms with Gasteiger partial charge < -0.3 is 15.0 Å². The Hall–Kier alpha value is -3.52. The Morgan fingerprint density at radius 3 is 2.72 bits per heavy atom. The Labute approximate surface area is 168 Å². The second kappa shape index (κ2) is 7.84. The van der Waals surface area contributed by atoms with Crippen LogP contribution in [-0.2, 0) is 11.3 Å². The molecule has 146 valence electrons. The van der Waals surface area contributed by atoms with Crippen LogP contribution >= 0.6 is 0 Å². The van der Waals surface area contributed by atoms with Crippen molar-refractivity contribution in [3.63, 3.8) is 0 Å². The van der Waals surface area contributed by atoms with Gasteiger partial charge in [-0.05, 0) is 6.07 Å². The molecule has 4 aromatic rings. The van der Waals surface area contributed by atoms with Crippen molar-refractivity contribution < 1.29 is 4.74 Å². The van der Waals surface area contributed by atoms with Gasteiger partial charge in [0.1, 0.15) is 18.0 Å². The van der Waals surface area contributed by atoms with Gasteiger partial charge in [0, 0.05) is 43.0 Å². The van der Waals surface area contributed by atoms with Gasteiger partial charge in [0.2, 0.25) is 0 Å². The zero-order valence-corrected chi connectivity index (χ0v) is 15.9. The Kier molecular flexibility index (Phi) is 4.75. The van der Waals surface area contributed by atoms with E-state index in [1.54, 1.807) is 4.52 Å². The van der Waals surface area contributed by atoms with Gasteiger partial charge in [-0.2, -0.15) is 14.6 Å². The summed E-state index contributed by atoms with van der Waals surface area (Å²) in [6.07, 6.45) is 3.36. The number of morpholine rings is 1. The summed E-state index contributed by atoms with van der Waals surface area (Å²) in [6, 6.07) is 16.1. The number of aromatic nitrogens is 5. The van der Waals surface area contributed by atoms with E-state index in [-0.39, 0.29) is 0 Å². The van der Waals surface area contributed by atoms with Crippen molar-refractivity contribution in [3.8, 4) is 11.3 Å². The minimum Gasteiger partial charge on any atom is -0.378 e. The van der Waals surface area contributed by atoms with E-state index in [0.717, 1.165) is 54.8 Å². The Morgan fingerprint density at radius 1 is 1.00 bits per heavy atom. The van der Waals surface area contributed by atoms with Crippen LogP contribution in [0.15, 0.2) is 61.1 Å². The second-order valence-electron chi connectivity index (χ2n) is 6.80. The predicted octanol–water partition coefficient (Wildman–Crippen LogP) is 2.63. The maximum absolute atomic E-state index is 5.47. The Balaban J connectivity index is 1.45. The topological polar surface area (TPSA) is 80.5 Å². The molecule has 3 aromatic heterocycles. The zero-order valence-electron chi connectivity index (χ0n) is 15.9. The van der Waals surface area contributed by atoms with Crippen molar-refractivity contribution in [3.05, 3.63) is 66.6 Å². The Morgan fingerprint density at radius 2 is 1.86 bits per heavy atom. The summed E-state index contributed by atoms with van der Waals surface area (Å²) >= 11 is 0. The lowest BCUT2D eigenvalue weighted by molar-refractivity contribution is 0.122. The van der Waals surface area contributed by atoms with Crippen LogP contribution in [0.5, 0.6) is 0 Å². The van der Waals surface area contributed by atoms with Gasteiger partial charge in [0.25, 0.3) is 5.78 Å². The SMILES string of the molecule is c1ccc(-c2cc(NCc3cccnc3N3CCOCC3)n3ncnc3n2)cc1. The standard InChI is InChI=1S/C21H21N7O/c1-2-5-16(6-3-1)18-13-19(28-21(26-18)24-15-25-28)23-14-17-7-4-8-22-20(17)27-9-11-29-12-10-27/h1-8,13,15,23H,9-12,14H2. The third kappa shape index (κ3) is 3.62. The molecule has 1 saturated heterocycles. The van der Waals surface area contributed by atoms with Crippen LogP contribution in [0.3, 0.4) is 0 Å². The fraction of sp³-hybridized carbons (Fsp3) is 0.238. The number of rotatable bonds is 5. The third-order valence-electron chi connectivity index (χ3n) is 4.96. The van der Waals surface area contributed by atoms with Crippen LogP contribution in [0.4, 0.5) is 11.6 Å². The predicted molar refractivity (Wildman–Crippen MR) is 111 cm³/mol. The second-order valence-corrected chi connectivity index (χ2v) is 6.80. The van der Waals surface area contributed by atoms with Crippen molar-refractivity contribution in [1.29, 1.82) is 0 Å². The molecule has 4 heterocycles. The number of hydrogen-bond donors (Lipinski definition) is 1. The van der Waals surface area contributed by atoms with Gasteiger partial charge in [-0.25, -0.2) is 9.97 Å². The lowest BCUT2D eigenvalue weighted by atomic mass is 10.1. The van der Waals surface area contributed by atoms with Crippen LogP contribution in [-0.4, -0.2) is 50.9 Å². The summed E-state index contributed by atoms with van der Waals surface area (Å²) in [7, 11) is 0. The molecule has 1 aliphatic rings. The number of nitrogens with zero attached hydrogens (tertiary/aromatic N) is 6. The molecule has 29 heavy (non-hydrogen) atoms. The molecule has 0 amide bonds. The van der Waals surface area contributed by atoms with E-state index in [1.165, 1.54) is 6.33 Å². The first-order chi connectivity index (χ1) is 14.4. The molecule has 0 atom stereocenters. The number of ether oxygens (including phenoxy) is 1. The van der Waals surface area contributed by atoms with Gasteiger partial charge in [0.05, 0.1) is 18.9 Å². The molecule has 0 spiro atoms. The summed E-state index contributed by atoms with van der Waals surface area (Å²) in [5.41, 5.74) is 3.02. The largest absolute Gasteiger partial charge is 0.378 e. The van der Waals surface area contributed by atoms with E-state index in [2.05, 4.69) is 36.3 Å². The molecule has 8 nitrogen and oxygen atoms in total. The lowest BCUT2D eigenvalue weighted by Crippen LogP contribution is -2.37. The summed E-state index contributed by atoms with van der Waals surface area (Å²) in [5, 5.41) is 7.82. The molecule has 5 rings (SSSR count). The Bertz CT molecular complexity index is 1110. The fourth-order valence-electron chi connectivity index (χ4n) is 3.51. The normalized spacial score (nSPS) is 14.3. The summed E-state index contributed by atoms with van der Waals surface area (Å²) < 4.78 is 7.19. The highest BCUT2D eigenvalue weighted by Gasteiger charge is 2.16. The van der Waals surface area contributed by atoms with Crippen LogP contribution in [0, 0.1) is 0 Å². The third-order valence-corrected chi connectivity index (χ3v) is 4.96. The molecule has 1 aliphatic heterocycles. The maximum atomic E-state index is 5.47. The first-order valence-corrected chi connectivity index (χ1v) is 9.65. The average Bonchev–Trinajstić information content (AvgIpc) is 3.28. The van der Waals surface area contributed by atoms with Crippen molar-refractivity contribution >= 4 is 17.4 Å². The molecule has 0 bridgehead atoms. The van der Waals surface area contributed by atoms with Crippen LogP contribution in [0.2, 0.25) is 0 Å². The quantitative estimate of drug-likeness (QED) is 0.564. The van der Waals surface area contributed by atoms with E-state index in [0.29, 0.717) is 12.3 Å². The summed E-state index contributed by atoms with van der Waals surface area (Å²) in [4.78, 5) is 15.8. The highest BCUT2D eigenvalue weighted by Crippen LogP contribution is 2.23. The monoisotopic (exact) mass is 387 g/mol. The van der Waals surface area contributed by atoms with E-state index in [9.17, 15) is 0 Å². The number of benzene rings is 1. The zero-order chi connectivity index (χ0) is 19.5. The highest BCUT2D eigenvalue weighted by atomic mass is 16.5. The van der Waals surface area contributed by atoms with Gasteiger partial charge in [-0.3, -0.25) is 0 Å². The summed E-state index contributed by atoms with van der Waals surface area (Å²) in [6.45, 7) is 3.78. The molecule has 1 fully saturated rings. The first-order valence-electron chi connectivity index (χ1n) is 9.65. The molecule has 0 unspecified atom stereocenters. The molecule has 0 saturated carbocycles. The number of pyridine rings is 1. The number of anilines is 2. The number of hydrogen-bond acceptors (Lipinski definition) is 7. The van der Waals surface area contributed by atoms with Crippen LogP contribution in [0.25, 0.3) is 17.0 Å². The molecule has 1 N–H and O–H groups in total. The van der Waals surface area contributed by atoms with Crippen LogP contribution < -0.4 is 10.2 Å². The molecule has 0 aliphatic carbocycles. The van der Waals surface area contributed by atoms with E-state index >= 15 is 0 Å². The van der Waals surface area contributed by atoms with Crippen molar-refractivity contribution in [2.75, 3.05) is 36.5 Å². The fourth-order valence-corrected chi connectivity index (χ4v) is 3.51. The number of nitrogens with one attached hydrogen (secondary N) is 1. The van der Waals surface area contributed by atoms with Gasteiger partial charge >= 0.3 is 0 Å². The molecule has 8 heteroatoms. The first kappa shape index (κ1) is 17.6. The van der Waals surface area contributed by atoms with Gasteiger partial charge in [-0.15, -0.1) is 0 Å². The minimum atomic E-state index is 0.563. The van der Waals surface area contributed by atoms with E-state index in [4.69, 9.17) is 4.74 Å². The lowest BCUT2D eigenvalue weighted by Gasteiger charge is -2.29. The van der Waals surface area contributed by atoms with Crippen molar-refractivity contribution in [2.45, 2.75) is 6.54 Å². The molecule has 1 aromatic carbocycles. The minimum absolute atomic E-state index is 0.563. The van der Waals surface area contributed by atoms with E-state index in [1.807, 2.05) is 48.7 Å². The van der Waals surface area contributed by atoms with Gasteiger partial charge in [-0.1, -0.05) is 36.4 Å². The molecular formula is C21H21N7O. The smallest absolute Gasteiger partial charge is 0.254 e. The molecular weight excluding hydrogens is 366 g/mol. The maximum Gasteiger partial charge on any atom is 0.254 e. The average molecular weight is 387 g/mol. The van der Waals surface area contributed by atoms with Crippen molar-refractivity contribution in [2.24, 2.45) is 0 Å². The van der Waals surface area contributed by atoms with Crippen LogP contribution in [0.1, 0.15) is 5.56 Å². The summed E-state index contributed by atoms with van der Waals surface area (Å²) in [5.74, 6) is 2.40. The van der Waals surface area contributed by atoms with Gasteiger partial charge in [0.15, 0.2) is 0 Å². The highest BCUT2D eigenvalue weighted by molar-refractivity contribution is 5.65. The number of fused-ring (bicyclic) bond motifs is 1.